The van der Waals surface area contributed by atoms with Gasteiger partial charge in [0.1, 0.15) is 69.5 Å². The lowest BCUT2D eigenvalue weighted by atomic mass is 10.2. The highest BCUT2D eigenvalue weighted by Crippen LogP contribution is 2.33. The lowest BCUT2D eigenvalue weighted by Crippen LogP contribution is -2.14. The van der Waals surface area contributed by atoms with Gasteiger partial charge in [-0.2, -0.15) is 0 Å². The number of nitrogens with zero attached hydrogens (tertiary/aromatic N) is 4. The van der Waals surface area contributed by atoms with Crippen molar-refractivity contribution in [1.82, 2.24) is 20.4 Å². The summed E-state index contributed by atoms with van der Waals surface area (Å²) in [6.07, 6.45) is 0. The third kappa shape index (κ3) is 12.8. The molecular formula is C42H44N4O9S2. The molecule has 14 rings (SSSR count). The molecular weight excluding hydrogens is 769 g/mol. The van der Waals surface area contributed by atoms with Gasteiger partial charge in [0.2, 0.25) is 0 Å². The van der Waals surface area contributed by atoms with Crippen LogP contribution in [0.25, 0.3) is 42.3 Å². The molecule has 0 unspecified atom stereocenters. The van der Waals surface area contributed by atoms with Gasteiger partial charge < -0.3 is 42.6 Å². The largest absolute Gasteiger partial charge is 0.491 e. The average Bonchev–Trinajstić information content (AvgIpc) is 3.96. The molecule has 10 heterocycles. The Morgan fingerprint density at radius 1 is 0.263 bits per heavy atom. The smallest absolute Gasteiger partial charge is 0.148 e. The summed E-state index contributed by atoms with van der Waals surface area (Å²) in [5.74, 6) is 3.03. The molecule has 0 saturated carbocycles. The van der Waals surface area contributed by atoms with E-state index < -0.39 is 0 Å². The van der Waals surface area contributed by atoms with Crippen molar-refractivity contribution in [1.29, 1.82) is 0 Å². The van der Waals surface area contributed by atoms with E-state index in [-0.39, 0.29) is 0 Å². The van der Waals surface area contributed by atoms with E-state index >= 15 is 0 Å². The Balaban J connectivity index is 0.875. The summed E-state index contributed by atoms with van der Waals surface area (Å²) in [7, 11) is 0. The van der Waals surface area contributed by atoms with Crippen LogP contribution in [0.2, 0.25) is 0 Å². The molecule has 0 aliphatic carbocycles. The van der Waals surface area contributed by atoms with Crippen LogP contribution in [0.1, 0.15) is 0 Å². The van der Waals surface area contributed by atoms with Gasteiger partial charge in [-0.1, -0.05) is 22.7 Å². The van der Waals surface area contributed by atoms with Crippen molar-refractivity contribution in [3.63, 3.8) is 0 Å². The highest BCUT2D eigenvalue weighted by atomic mass is 32.1. The summed E-state index contributed by atoms with van der Waals surface area (Å²) in [6.45, 7) is 6.39. The fourth-order valence-corrected chi connectivity index (χ4v) is 7.13. The highest BCUT2D eigenvalue weighted by Gasteiger charge is 2.11. The minimum Gasteiger partial charge on any atom is -0.491 e. The maximum atomic E-state index is 5.85. The predicted octanol–water partition coefficient (Wildman–Crippen LogP) is 7.37. The monoisotopic (exact) mass is 812 g/mol. The molecule has 0 N–H and O–H groups in total. The van der Waals surface area contributed by atoms with E-state index in [0.717, 1.165) is 65.3 Å². The van der Waals surface area contributed by atoms with Gasteiger partial charge in [-0.3, -0.25) is 0 Å². The summed E-state index contributed by atoms with van der Waals surface area (Å²) in [6, 6.07) is 31.3. The first-order valence-electron chi connectivity index (χ1n) is 18.8. The van der Waals surface area contributed by atoms with Crippen LogP contribution < -0.4 is 18.9 Å². The second-order valence-corrected chi connectivity index (χ2v) is 14.3. The highest BCUT2D eigenvalue weighted by molar-refractivity contribution is 7.18. The van der Waals surface area contributed by atoms with Crippen LogP contribution in [0.15, 0.2) is 97.1 Å². The molecule has 57 heavy (non-hydrogen) atoms. The van der Waals surface area contributed by atoms with Gasteiger partial charge >= 0.3 is 0 Å². The van der Waals surface area contributed by atoms with Gasteiger partial charge in [0.25, 0.3) is 0 Å². The van der Waals surface area contributed by atoms with Crippen LogP contribution in [-0.2, 0) is 23.7 Å². The number of rotatable bonds is 0. The van der Waals surface area contributed by atoms with Crippen LogP contribution in [-0.4, -0.2) is 113 Å². The van der Waals surface area contributed by atoms with E-state index in [9.17, 15) is 0 Å². The zero-order valence-electron chi connectivity index (χ0n) is 31.4. The second kappa shape index (κ2) is 22.1. The van der Waals surface area contributed by atoms with Crippen LogP contribution in [0, 0.1) is 0 Å². The minimum absolute atomic E-state index is 0.431. The topological polar surface area (TPSA) is 135 Å². The van der Waals surface area contributed by atoms with Crippen molar-refractivity contribution in [3.05, 3.63) is 97.1 Å². The molecule has 0 spiro atoms. The van der Waals surface area contributed by atoms with Gasteiger partial charge in [0, 0.05) is 22.3 Å². The van der Waals surface area contributed by atoms with Gasteiger partial charge in [-0.25, -0.2) is 0 Å². The molecule has 0 fully saturated rings. The van der Waals surface area contributed by atoms with E-state index in [2.05, 4.69) is 20.4 Å². The van der Waals surface area contributed by atoms with Gasteiger partial charge in [0.15, 0.2) is 0 Å². The van der Waals surface area contributed by atoms with Crippen molar-refractivity contribution >= 4 is 22.7 Å². The number of hydrogen-bond donors (Lipinski definition) is 0. The first-order chi connectivity index (χ1) is 28.3. The minimum atomic E-state index is 0.431. The van der Waals surface area contributed by atoms with Gasteiger partial charge in [-0.05, 0) is 97.1 Å². The number of hydrogen-bond acceptors (Lipinski definition) is 15. The third-order valence-electron chi connectivity index (χ3n) is 8.36. The Hall–Kier alpha value is -5.00. The molecule has 13 nitrogen and oxygen atoms in total. The number of ether oxygens (including phenoxy) is 9. The molecule has 0 saturated heterocycles. The first kappa shape index (κ1) is 40.2. The van der Waals surface area contributed by atoms with Crippen molar-refractivity contribution in [2.75, 3.05) is 92.5 Å². The van der Waals surface area contributed by atoms with Crippen LogP contribution in [0.5, 0.6) is 23.0 Å². The quantitative estimate of drug-likeness (QED) is 0.151. The Labute approximate surface area is 339 Å². The Morgan fingerprint density at radius 2 is 0.456 bits per heavy atom. The molecule has 2 aromatic heterocycles. The van der Waals surface area contributed by atoms with E-state index in [1.165, 1.54) is 22.7 Å². The summed E-state index contributed by atoms with van der Waals surface area (Å²) >= 11 is 3.06. The van der Waals surface area contributed by atoms with Crippen molar-refractivity contribution in [2.24, 2.45) is 0 Å². The average molecular weight is 813 g/mol. The molecule has 4 aromatic carbocycles. The molecule has 0 atom stereocenters. The van der Waals surface area contributed by atoms with Crippen molar-refractivity contribution in [3.8, 4) is 65.3 Å². The zero-order chi connectivity index (χ0) is 38.7. The van der Waals surface area contributed by atoms with Crippen LogP contribution >= 0.6 is 22.7 Å². The molecule has 12 bridgehead atoms. The lowest BCUT2D eigenvalue weighted by Gasteiger charge is -2.09. The Kier molecular flexibility index (Phi) is 15.6. The van der Waals surface area contributed by atoms with Gasteiger partial charge in [-0.15, -0.1) is 20.4 Å². The Morgan fingerprint density at radius 3 is 0.667 bits per heavy atom. The van der Waals surface area contributed by atoms with Crippen molar-refractivity contribution in [2.45, 2.75) is 0 Å². The van der Waals surface area contributed by atoms with Gasteiger partial charge in [0.05, 0.1) is 66.1 Å². The van der Waals surface area contributed by atoms with E-state index in [1.54, 1.807) is 0 Å². The third-order valence-corrected chi connectivity index (χ3v) is 10.4. The molecule has 0 radical (unpaired) electrons. The van der Waals surface area contributed by atoms with Crippen LogP contribution in [0.4, 0.5) is 0 Å². The van der Waals surface area contributed by atoms with E-state index in [0.29, 0.717) is 92.5 Å². The fourth-order valence-electron chi connectivity index (χ4n) is 5.43. The first-order valence-corrected chi connectivity index (χ1v) is 20.4. The molecule has 8 aliphatic rings. The standard InChI is InChI=1S/C42H44N4O9S2/c1-9-35-10-2-31(1)39-43-45-41(56-39)33-5-13-37(14-6-33)54-29-25-50-21-22-51-26-30-55-38-15-7-34(8-16-38)42-46-44-40(57-42)32-3-11-36(12-4-32)53-28-24-49-20-18-47-17-19-48-23-27-52-35/h1-16H,17-30H2. The van der Waals surface area contributed by atoms with Crippen LogP contribution in [0.3, 0.4) is 0 Å². The maximum absolute atomic E-state index is 5.85. The fraction of sp³-hybridized carbons (Fsp3) is 0.333. The zero-order valence-corrected chi connectivity index (χ0v) is 33.0. The predicted molar refractivity (Wildman–Crippen MR) is 218 cm³/mol. The molecule has 0 amide bonds. The molecule has 15 heteroatoms. The second-order valence-electron chi connectivity index (χ2n) is 12.4. The van der Waals surface area contributed by atoms with Crippen molar-refractivity contribution < 1.29 is 42.6 Å². The number of benzene rings is 4. The summed E-state index contributed by atoms with van der Waals surface area (Å²) < 4.78 is 51.6. The maximum Gasteiger partial charge on any atom is 0.148 e. The normalized spacial score (nSPS) is 16.0. The molecule has 298 valence electrons. The van der Waals surface area contributed by atoms with E-state index in [4.69, 9.17) is 42.6 Å². The molecule has 6 aromatic rings. The summed E-state index contributed by atoms with van der Waals surface area (Å²) in [5, 5.41) is 20.9. The Bertz CT molecular complexity index is 1900. The summed E-state index contributed by atoms with van der Waals surface area (Å²) in [5.41, 5.74) is 3.88. The lowest BCUT2D eigenvalue weighted by molar-refractivity contribution is 0.00499. The number of aromatic nitrogens is 4. The SMILES string of the molecule is c1cc2ccc1OCCOCCOCCOCCOc1ccc(cc1)-c1nnc(s1)-c1ccc(cc1)OCCOCCOCCOc1ccc(cc1)-c1nnc-2s1. The summed E-state index contributed by atoms with van der Waals surface area (Å²) in [4.78, 5) is 0. The van der Waals surface area contributed by atoms with E-state index in [1.807, 2.05) is 97.1 Å². The molecule has 8 aliphatic heterocycles.